The molecule has 2 N–H and O–H groups in total. The van der Waals surface area contributed by atoms with Gasteiger partial charge < -0.3 is 10.6 Å². The molecule has 1 unspecified atom stereocenters. The highest BCUT2D eigenvalue weighted by Crippen LogP contribution is 2.23. The van der Waals surface area contributed by atoms with Crippen LogP contribution in [0.3, 0.4) is 0 Å². The predicted molar refractivity (Wildman–Crippen MR) is 72.8 cm³/mol. The normalized spacial score (nSPS) is 14.0. The minimum atomic E-state index is -0.455. The monoisotopic (exact) mass is 249 g/mol. The van der Waals surface area contributed by atoms with E-state index in [2.05, 4.69) is 4.98 Å². The summed E-state index contributed by atoms with van der Waals surface area (Å²) in [4.78, 5) is 18.3. The Morgan fingerprint density at radius 1 is 1.39 bits per heavy atom. The van der Waals surface area contributed by atoms with E-state index in [9.17, 15) is 4.79 Å². The summed E-state index contributed by atoms with van der Waals surface area (Å²) in [5.74, 6) is 0.131. The Bertz CT molecular complexity index is 374. The molecule has 1 rings (SSSR count). The second kappa shape index (κ2) is 6.50. The molecule has 1 aromatic rings. The molecule has 0 saturated heterocycles. The highest BCUT2D eigenvalue weighted by Gasteiger charge is 2.33. The highest BCUT2D eigenvalue weighted by molar-refractivity contribution is 5.82. The van der Waals surface area contributed by atoms with Crippen LogP contribution in [0.15, 0.2) is 24.5 Å². The summed E-state index contributed by atoms with van der Waals surface area (Å²) in [5.41, 5.74) is 6.38. The molecule has 0 radical (unpaired) electrons. The number of carbonyl (C=O) groups is 1. The summed E-state index contributed by atoms with van der Waals surface area (Å²) in [6.45, 7) is 7.63. The fourth-order valence-corrected chi connectivity index (χ4v) is 1.80. The summed E-state index contributed by atoms with van der Waals surface area (Å²) in [5, 5.41) is 0. The van der Waals surface area contributed by atoms with E-state index in [1.165, 1.54) is 0 Å². The Morgan fingerprint density at radius 2 is 2.00 bits per heavy atom. The van der Waals surface area contributed by atoms with Crippen molar-refractivity contribution in [2.75, 3.05) is 13.1 Å². The third-order valence-corrected chi connectivity index (χ3v) is 3.54. The number of amides is 1. The summed E-state index contributed by atoms with van der Waals surface area (Å²) in [7, 11) is 0. The van der Waals surface area contributed by atoms with E-state index in [1.54, 1.807) is 12.4 Å². The molecule has 4 nitrogen and oxygen atoms in total. The van der Waals surface area contributed by atoms with Crippen molar-refractivity contribution in [3.63, 3.8) is 0 Å². The van der Waals surface area contributed by atoms with Crippen LogP contribution in [0.5, 0.6) is 0 Å². The van der Waals surface area contributed by atoms with E-state index in [0.717, 1.165) is 12.0 Å². The highest BCUT2D eigenvalue weighted by atomic mass is 16.2. The lowest BCUT2D eigenvalue weighted by atomic mass is 9.86. The number of hydrogen-bond donors (Lipinski definition) is 1. The Labute approximate surface area is 109 Å². The van der Waals surface area contributed by atoms with E-state index < -0.39 is 5.41 Å². The van der Waals surface area contributed by atoms with Crippen molar-refractivity contribution in [3.05, 3.63) is 30.1 Å². The molecule has 0 aromatic carbocycles. The number of carbonyl (C=O) groups excluding carboxylic acids is 1. The number of hydrogen-bond acceptors (Lipinski definition) is 3. The van der Waals surface area contributed by atoms with Crippen LogP contribution in [-0.2, 0) is 11.3 Å². The van der Waals surface area contributed by atoms with Crippen LogP contribution in [0.2, 0.25) is 0 Å². The molecule has 1 heterocycles. The summed E-state index contributed by atoms with van der Waals surface area (Å²) in [6, 6.07) is 3.86. The van der Waals surface area contributed by atoms with Crippen LogP contribution in [0, 0.1) is 5.41 Å². The topological polar surface area (TPSA) is 59.2 Å². The second-order valence-corrected chi connectivity index (χ2v) is 4.79. The van der Waals surface area contributed by atoms with Gasteiger partial charge in [-0.2, -0.15) is 0 Å². The van der Waals surface area contributed by atoms with E-state index >= 15 is 0 Å². The van der Waals surface area contributed by atoms with Crippen molar-refractivity contribution in [1.29, 1.82) is 0 Å². The first kappa shape index (κ1) is 14.6. The van der Waals surface area contributed by atoms with Gasteiger partial charge in [-0.15, -0.1) is 0 Å². The first-order valence-electron chi connectivity index (χ1n) is 6.45. The van der Waals surface area contributed by atoms with Crippen LogP contribution in [0.1, 0.15) is 32.8 Å². The molecule has 1 amide bonds. The van der Waals surface area contributed by atoms with Crippen LogP contribution < -0.4 is 5.73 Å². The average Bonchev–Trinajstić information content (AvgIpc) is 2.44. The van der Waals surface area contributed by atoms with Crippen LogP contribution in [0.4, 0.5) is 0 Å². The fourth-order valence-electron chi connectivity index (χ4n) is 1.80. The van der Waals surface area contributed by atoms with Gasteiger partial charge in [-0.3, -0.25) is 9.78 Å². The first-order chi connectivity index (χ1) is 8.57. The summed E-state index contributed by atoms with van der Waals surface area (Å²) >= 11 is 0. The van der Waals surface area contributed by atoms with Gasteiger partial charge in [-0.05, 0) is 38.0 Å². The van der Waals surface area contributed by atoms with Crippen LogP contribution >= 0.6 is 0 Å². The quantitative estimate of drug-likeness (QED) is 0.836. The number of nitrogens with zero attached hydrogens (tertiary/aromatic N) is 2. The zero-order valence-electron chi connectivity index (χ0n) is 11.5. The van der Waals surface area contributed by atoms with Gasteiger partial charge in [0.15, 0.2) is 0 Å². The molecule has 0 saturated carbocycles. The zero-order chi connectivity index (χ0) is 13.6. The van der Waals surface area contributed by atoms with Gasteiger partial charge in [0.1, 0.15) is 0 Å². The lowest BCUT2D eigenvalue weighted by molar-refractivity contribution is -0.141. The van der Waals surface area contributed by atoms with Gasteiger partial charge in [0.25, 0.3) is 0 Å². The SMILES string of the molecule is CCN(Cc1ccncc1)C(=O)C(C)(CC)CN. The Hall–Kier alpha value is -1.42. The fraction of sp³-hybridized carbons (Fsp3) is 0.571. The van der Waals surface area contributed by atoms with Crippen LogP contribution in [-0.4, -0.2) is 28.9 Å². The molecule has 18 heavy (non-hydrogen) atoms. The smallest absolute Gasteiger partial charge is 0.230 e. The molecular weight excluding hydrogens is 226 g/mol. The third kappa shape index (κ3) is 3.29. The van der Waals surface area contributed by atoms with Crippen molar-refractivity contribution in [2.45, 2.75) is 33.7 Å². The number of pyridine rings is 1. The first-order valence-corrected chi connectivity index (χ1v) is 6.45. The van der Waals surface area contributed by atoms with Gasteiger partial charge in [-0.1, -0.05) is 6.92 Å². The van der Waals surface area contributed by atoms with E-state index in [4.69, 9.17) is 5.73 Å². The van der Waals surface area contributed by atoms with E-state index in [0.29, 0.717) is 19.6 Å². The van der Waals surface area contributed by atoms with Crippen molar-refractivity contribution in [1.82, 2.24) is 9.88 Å². The van der Waals surface area contributed by atoms with Gasteiger partial charge >= 0.3 is 0 Å². The number of rotatable bonds is 6. The van der Waals surface area contributed by atoms with Gasteiger partial charge in [-0.25, -0.2) is 0 Å². The predicted octanol–water partition coefficient (Wildman–Crippen LogP) is 1.81. The Morgan fingerprint density at radius 3 is 2.44 bits per heavy atom. The maximum absolute atomic E-state index is 12.5. The van der Waals surface area contributed by atoms with Crippen molar-refractivity contribution in [3.8, 4) is 0 Å². The standard InChI is InChI=1S/C14H23N3O/c1-4-14(3,11-15)13(18)17(5-2)10-12-6-8-16-9-7-12/h6-9H,4-5,10-11,15H2,1-3H3. The molecule has 0 aliphatic rings. The Kier molecular flexibility index (Phi) is 5.28. The average molecular weight is 249 g/mol. The van der Waals surface area contributed by atoms with E-state index in [1.807, 2.05) is 37.8 Å². The number of aromatic nitrogens is 1. The van der Waals surface area contributed by atoms with Crippen molar-refractivity contribution >= 4 is 5.91 Å². The van der Waals surface area contributed by atoms with Crippen LogP contribution in [0.25, 0.3) is 0 Å². The molecular formula is C14H23N3O. The molecule has 0 spiro atoms. The molecule has 1 atom stereocenters. The molecule has 0 fully saturated rings. The zero-order valence-corrected chi connectivity index (χ0v) is 11.5. The van der Waals surface area contributed by atoms with Crippen molar-refractivity contribution < 1.29 is 4.79 Å². The minimum absolute atomic E-state index is 0.131. The third-order valence-electron chi connectivity index (χ3n) is 3.54. The van der Waals surface area contributed by atoms with Gasteiger partial charge in [0.2, 0.25) is 5.91 Å². The molecule has 100 valence electrons. The molecule has 0 aliphatic carbocycles. The minimum Gasteiger partial charge on any atom is -0.338 e. The lowest BCUT2D eigenvalue weighted by Gasteiger charge is -2.32. The molecule has 4 heteroatoms. The maximum Gasteiger partial charge on any atom is 0.230 e. The molecule has 0 bridgehead atoms. The maximum atomic E-state index is 12.5. The van der Waals surface area contributed by atoms with Gasteiger partial charge in [0, 0.05) is 32.0 Å². The van der Waals surface area contributed by atoms with E-state index in [-0.39, 0.29) is 5.91 Å². The molecule has 0 aliphatic heterocycles. The second-order valence-electron chi connectivity index (χ2n) is 4.79. The lowest BCUT2D eigenvalue weighted by Crippen LogP contribution is -2.45. The van der Waals surface area contributed by atoms with Crippen molar-refractivity contribution in [2.24, 2.45) is 11.1 Å². The van der Waals surface area contributed by atoms with Gasteiger partial charge in [0.05, 0.1) is 5.41 Å². The molecule has 1 aromatic heterocycles. The summed E-state index contributed by atoms with van der Waals surface area (Å²) in [6.07, 6.45) is 4.25. The Balaban J connectivity index is 2.81. The number of nitrogens with two attached hydrogens (primary N) is 1. The summed E-state index contributed by atoms with van der Waals surface area (Å²) < 4.78 is 0. The largest absolute Gasteiger partial charge is 0.338 e.